The van der Waals surface area contributed by atoms with E-state index in [4.69, 9.17) is 0 Å². The SMILES string of the molecule is C[C@@H]1C(=O)[C@H](C)[C@@H](c2ccccc2)N(N=O)[C@@H]1c1ccccc1. The number of benzene rings is 2. The van der Waals surface area contributed by atoms with Crippen LogP contribution in [0.1, 0.15) is 37.1 Å². The predicted molar refractivity (Wildman–Crippen MR) is 89.3 cm³/mol. The molecule has 1 aliphatic rings. The molecule has 118 valence electrons. The normalized spacial score (nSPS) is 27.7. The number of piperidine rings is 1. The number of ketones is 1. The molecular formula is C19H20N2O2. The molecule has 1 aliphatic heterocycles. The van der Waals surface area contributed by atoms with Gasteiger partial charge in [-0.15, -0.1) is 4.91 Å². The minimum atomic E-state index is -0.331. The Bertz CT molecular complexity index is 632. The van der Waals surface area contributed by atoms with E-state index >= 15 is 0 Å². The molecule has 2 aromatic rings. The van der Waals surface area contributed by atoms with Gasteiger partial charge in [0.2, 0.25) is 0 Å². The maximum absolute atomic E-state index is 12.8. The van der Waals surface area contributed by atoms with Gasteiger partial charge in [-0.3, -0.25) is 4.79 Å². The third-order valence-corrected chi connectivity index (χ3v) is 4.79. The van der Waals surface area contributed by atoms with Crippen molar-refractivity contribution in [1.29, 1.82) is 0 Å². The summed E-state index contributed by atoms with van der Waals surface area (Å²) in [6.07, 6.45) is 0. The molecule has 2 aromatic carbocycles. The number of nitrogens with zero attached hydrogens (tertiary/aromatic N) is 2. The third-order valence-electron chi connectivity index (χ3n) is 4.79. The summed E-state index contributed by atoms with van der Waals surface area (Å²) in [6, 6.07) is 18.7. The molecule has 0 bridgehead atoms. The van der Waals surface area contributed by atoms with Gasteiger partial charge in [-0.05, 0) is 11.1 Å². The Morgan fingerprint density at radius 3 is 1.52 bits per heavy atom. The van der Waals surface area contributed by atoms with Crippen molar-refractivity contribution in [2.75, 3.05) is 0 Å². The Balaban J connectivity index is 2.09. The Kier molecular flexibility index (Phi) is 4.24. The van der Waals surface area contributed by atoms with Gasteiger partial charge in [0.25, 0.3) is 0 Å². The highest BCUT2D eigenvalue weighted by Crippen LogP contribution is 2.46. The summed E-state index contributed by atoms with van der Waals surface area (Å²) in [5.74, 6) is -0.372. The van der Waals surface area contributed by atoms with Crippen LogP contribution in [0.2, 0.25) is 0 Å². The minimum Gasteiger partial charge on any atom is -0.299 e. The number of rotatable bonds is 3. The smallest absolute Gasteiger partial charge is 0.143 e. The summed E-state index contributed by atoms with van der Waals surface area (Å²) in [4.78, 5) is 24.5. The summed E-state index contributed by atoms with van der Waals surface area (Å²) >= 11 is 0. The number of carbonyl (C=O) groups is 1. The second-order valence-corrected chi connectivity index (χ2v) is 6.15. The van der Waals surface area contributed by atoms with Crippen molar-refractivity contribution in [3.05, 3.63) is 76.7 Å². The number of nitroso groups, excluding NO2 is 1. The summed E-state index contributed by atoms with van der Waals surface area (Å²) in [7, 11) is 0. The van der Waals surface area contributed by atoms with Gasteiger partial charge in [-0.2, -0.15) is 0 Å². The van der Waals surface area contributed by atoms with Crippen molar-refractivity contribution in [3.63, 3.8) is 0 Å². The first-order chi connectivity index (χ1) is 11.1. The average Bonchev–Trinajstić information content (AvgIpc) is 2.61. The lowest BCUT2D eigenvalue weighted by Crippen LogP contribution is -2.46. The van der Waals surface area contributed by atoms with Crippen LogP contribution in [0, 0.1) is 16.7 Å². The monoisotopic (exact) mass is 308 g/mol. The molecule has 0 aliphatic carbocycles. The van der Waals surface area contributed by atoms with Gasteiger partial charge in [0.15, 0.2) is 0 Å². The second-order valence-electron chi connectivity index (χ2n) is 6.15. The lowest BCUT2D eigenvalue weighted by molar-refractivity contribution is -0.138. The van der Waals surface area contributed by atoms with E-state index in [1.165, 1.54) is 0 Å². The molecule has 4 atom stereocenters. The van der Waals surface area contributed by atoms with Crippen LogP contribution in [0.25, 0.3) is 0 Å². The van der Waals surface area contributed by atoms with Crippen molar-refractivity contribution in [3.8, 4) is 0 Å². The molecule has 0 unspecified atom stereocenters. The fraction of sp³-hybridized carbons (Fsp3) is 0.316. The molecule has 4 nitrogen and oxygen atoms in total. The highest BCUT2D eigenvalue weighted by molar-refractivity contribution is 5.85. The lowest BCUT2D eigenvalue weighted by Gasteiger charge is -2.44. The van der Waals surface area contributed by atoms with Crippen LogP contribution in [-0.4, -0.2) is 10.8 Å². The van der Waals surface area contributed by atoms with Crippen LogP contribution in [0.15, 0.2) is 65.9 Å². The zero-order valence-corrected chi connectivity index (χ0v) is 13.3. The molecule has 1 heterocycles. The Labute approximate surface area is 136 Å². The molecule has 0 amide bonds. The molecular weight excluding hydrogens is 288 g/mol. The fourth-order valence-electron chi connectivity index (χ4n) is 3.64. The molecule has 0 saturated carbocycles. The molecule has 3 rings (SSSR count). The van der Waals surface area contributed by atoms with Gasteiger partial charge >= 0.3 is 0 Å². The average molecular weight is 308 g/mol. The minimum absolute atomic E-state index is 0.174. The van der Waals surface area contributed by atoms with Crippen LogP contribution in [-0.2, 0) is 4.79 Å². The Morgan fingerprint density at radius 1 is 0.783 bits per heavy atom. The van der Waals surface area contributed by atoms with Gasteiger partial charge in [-0.1, -0.05) is 74.5 Å². The van der Waals surface area contributed by atoms with E-state index in [0.29, 0.717) is 0 Å². The van der Waals surface area contributed by atoms with E-state index in [1.807, 2.05) is 74.5 Å². The van der Waals surface area contributed by atoms with E-state index in [1.54, 1.807) is 5.01 Å². The first kappa shape index (κ1) is 15.4. The summed E-state index contributed by atoms with van der Waals surface area (Å²) in [5.41, 5.74) is 1.89. The quantitative estimate of drug-likeness (QED) is 0.794. The zero-order chi connectivity index (χ0) is 16.4. The van der Waals surface area contributed by atoms with Gasteiger partial charge in [0.1, 0.15) is 5.78 Å². The van der Waals surface area contributed by atoms with Crippen molar-refractivity contribution >= 4 is 5.78 Å². The van der Waals surface area contributed by atoms with Crippen molar-refractivity contribution < 1.29 is 4.79 Å². The summed E-state index contributed by atoms with van der Waals surface area (Å²) in [5, 5.41) is 4.90. The molecule has 1 fully saturated rings. The number of hydrogen-bond donors (Lipinski definition) is 0. The first-order valence-corrected chi connectivity index (χ1v) is 7.90. The zero-order valence-electron chi connectivity index (χ0n) is 13.3. The molecule has 23 heavy (non-hydrogen) atoms. The van der Waals surface area contributed by atoms with E-state index < -0.39 is 0 Å². The fourth-order valence-corrected chi connectivity index (χ4v) is 3.64. The van der Waals surface area contributed by atoms with Gasteiger partial charge in [0.05, 0.1) is 17.4 Å². The van der Waals surface area contributed by atoms with Crippen LogP contribution in [0.5, 0.6) is 0 Å². The van der Waals surface area contributed by atoms with Crippen molar-refractivity contribution in [1.82, 2.24) is 5.01 Å². The van der Waals surface area contributed by atoms with E-state index in [2.05, 4.69) is 5.29 Å². The Hall–Kier alpha value is -2.49. The van der Waals surface area contributed by atoms with Gasteiger partial charge in [-0.25, -0.2) is 5.01 Å². The molecule has 0 N–H and O–H groups in total. The Morgan fingerprint density at radius 2 is 1.17 bits per heavy atom. The van der Waals surface area contributed by atoms with Crippen LogP contribution in [0.3, 0.4) is 0 Å². The summed E-state index contributed by atoms with van der Waals surface area (Å²) in [6.45, 7) is 3.77. The predicted octanol–water partition coefficient (Wildman–Crippen LogP) is 4.31. The highest BCUT2D eigenvalue weighted by atomic mass is 16.3. The number of carbonyl (C=O) groups excluding carboxylic acids is 1. The third kappa shape index (κ3) is 2.65. The van der Waals surface area contributed by atoms with E-state index in [-0.39, 0.29) is 29.7 Å². The molecule has 0 spiro atoms. The van der Waals surface area contributed by atoms with Crippen LogP contribution < -0.4 is 0 Å². The summed E-state index contributed by atoms with van der Waals surface area (Å²) < 4.78 is 0. The molecule has 4 heteroatoms. The molecule has 1 saturated heterocycles. The van der Waals surface area contributed by atoms with Crippen molar-refractivity contribution in [2.45, 2.75) is 25.9 Å². The topological polar surface area (TPSA) is 49.7 Å². The van der Waals surface area contributed by atoms with Crippen molar-refractivity contribution in [2.24, 2.45) is 17.1 Å². The molecule has 0 aromatic heterocycles. The van der Waals surface area contributed by atoms with Crippen LogP contribution >= 0.6 is 0 Å². The number of Topliss-reactive ketones (excluding diaryl/α,β-unsaturated/α-hetero) is 1. The maximum Gasteiger partial charge on any atom is 0.143 e. The molecule has 0 radical (unpaired) electrons. The van der Waals surface area contributed by atoms with E-state index in [0.717, 1.165) is 11.1 Å². The van der Waals surface area contributed by atoms with Crippen LogP contribution in [0.4, 0.5) is 0 Å². The maximum atomic E-state index is 12.8. The first-order valence-electron chi connectivity index (χ1n) is 7.90. The largest absolute Gasteiger partial charge is 0.299 e. The van der Waals surface area contributed by atoms with Gasteiger partial charge < -0.3 is 0 Å². The second kappa shape index (κ2) is 6.32. The highest BCUT2D eigenvalue weighted by Gasteiger charge is 2.46. The lowest BCUT2D eigenvalue weighted by atomic mass is 9.75. The van der Waals surface area contributed by atoms with Gasteiger partial charge in [0, 0.05) is 11.8 Å². The standard InChI is InChI=1S/C19H20N2O2/c1-13-17(15-9-5-3-6-10-15)21(20-23)18(14(2)19(13)22)16-11-7-4-8-12-16/h3-14,17-18H,1-2H3/t13-,14+,17-,18-/m0/s1. The number of hydrogen-bond acceptors (Lipinski definition) is 3. The van der Waals surface area contributed by atoms with E-state index in [9.17, 15) is 9.70 Å².